The number of rotatable bonds is 5. The number of halogens is 1. The average Bonchev–Trinajstić information content (AvgIpc) is 3.39. The van der Waals surface area contributed by atoms with E-state index in [9.17, 15) is 9.59 Å². The quantitative estimate of drug-likeness (QED) is 0.673. The number of allylic oxidation sites excluding steroid dienone is 1. The number of hydrogen-bond acceptors (Lipinski definition) is 6. The molecule has 3 heterocycles. The number of amides is 2. The summed E-state index contributed by atoms with van der Waals surface area (Å²) in [6.07, 6.45) is 1.79. The molecular weight excluding hydrogens is 436 g/mol. The Balaban J connectivity index is 1.71. The molecule has 2 aromatic rings. The molecule has 2 aliphatic rings. The number of carbonyl (C=O) groups is 2. The standard InChI is InChI=1S/C22H23ClN4O3S/c1-3-14(20-16(25-2)11-18(31-20)21(24)28)15-10-13(23)8-12-9-17(30-19(12)15)22(29)27-6-4-26-5-7-27/h3,8,10-11,17,26H,2,4-7,9H2,1H3,(H2,24,28)/b14-3-/t17-/m1/s1. The Hall–Kier alpha value is -2.68. The van der Waals surface area contributed by atoms with Gasteiger partial charge in [-0.1, -0.05) is 17.7 Å². The van der Waals surface area contributed by atoms with Crippen LogP contribution in [0.15, 0.2) is 29.3 Å². The molecule has 4 rings (SSSR count). The van der Waals surface area contributed by atoms with Crippen LogP contribution in [0.2, 0.25) is 5.02 Å². The largest absolute Gasteiger partial charge is 0.479 e. The van der Waals surface area contributed by atoms with Crippen molar-refractivity contribution in [2.75, 3.05) is 26.2 Å². The van der Waals surface area contributed by atoms with E-state index in [0.717, 1.165) is 34.7 Å². The Kier molecular flexibility index (Phi) is 6.13. The normalized spacial score (nSPS) is 18.5. The first kappa shape index (κ1) is 21.5. The fourth-order valence-corrected chi connectivity index (χ4v) is 5.27. The van der Waals surface area contributed by atoms with Crippen LogP contribution in [0.3, 0.4) is 0 Å². The SMILES string of the molecule is C=Nc1cc(C(N)=O)sc1/C(=C\C)c1cc(Cl)cc2c1O[C@@H](C(=O)N1CCNCC1)C2. The molecule has 1 fully saturated rings. The lowest BCUT2D eigenvalue weighted by atomic mass is 9.98. The van der Waals surface area contributed by atoms with E-state index in [0.29, 0.717) is 40.8 Å². The highest BCUT2D eigenvalue weighted by Crippen LogP contribution is 2.45. The maximum Gasteiger partial charge on any atom is 0.264 e. The summed E-state index contributed by atoms with van der Waals surface area (Å²) < 4.78 is 6.20. The van der Waals surface area contributed by atoms with Crippen LogP contribution in [-0.4, -0.2) is 55.7 Å². The molecule has 0 spiro atoms. The molecule has 1 saturated heterocycles. The van der Waals surface area contributed by atoms with Gasteiger partial charge in [-0.05, 0) is 31.8 Å². The van der Waals surface area contributed by atoms with Crippen molar-refractivity contribution in [1.82, 2.24) is 10.2 Å². The zero-order valence-corrected chi connectivity index (χ0v) is 18.7. The molecule has 2 amide bonds. The summed E-state index contributed by atoms with van der Waals surface area (Å²) in [4.78, 5) is 31.7. The van der Waals surface area contributed by atoms with E-state index in [-0.39, 0.29) is 5.91 Å². The molecule has 0 bridgehead atoms. The van der Waals surface area contributed by atoms with Crippen molar-refractivity contribution in [3.05, 3.63) is 50.2 Å². The van der Waals surface area contributed by atoms with E-state index in [1.165, 1.54) is 11.3 Å². The topological polar surface area (TPSA) is 97.0 Å². The van der Waals surface area contributed by atoms with Crippen molar-refractivity contribution in [2.45, 2.75) is 19.4 Å². The van der Waals surface area contributed by atoms with E-state index in [4.69, 9.17) is 22.1 Å². The van der Waals surface area contributed by atoms with Gasteiger partial charge in [0, 0.05) is 54.3 Å². The Labute approximate surface area is 189 Å². The number of nitrogens with two attached hydrogens (primary N) is 1. The van der Waals surface area contributed by atoms with Gasteiger partial charge < -0.3 is 20.7 Å². The highest BCUT2D eigenvalue weighted by molar-refractivity contribution is 7.15. The average molecular weight is 459 g/mol. The van der Waals surface area contributed by atoms with Gasteiger partial charge in [-0.3, -0.25) is 14.6 Å². The van der Waals surface area contributed by atoms with E-state index in [1.54, 1.807) is 6.07 Å². The van der Waals surface area contributed by atoms with Crippen LogP contribution in [0.5, 0.6) is 5.75 Å². The maximum absolute atomic E-state index is 13.0. The minimum Gasteiger partial charge on any atom is -0.479 e. The number of primary amides is 1. The third kappa shape index (κ3) is 4.11. The summed E-state index contributed by atoms with van der Waals surface area (Å²) in [6.45, 7) is 8.40. The molecule has 2 aliphatic heterocycles. The second kappa shape index (κ2) is 8.82. The molecule has 1 atom stereocenters. The van der Waals surface area contributed by atoms with Crippen LogP contribution >= 0.6 is 22.9 Å². The van der Waals surface area contributed by atoms with Gasteiger partial charge in [0.15, 0.2) is 6.10 Å². The fraction of sp³-hybridized carbons (Fsp3) is 0.318. The zero-order valence-electron chi connectivity index (χ0n) is 17.1. The third-order valence-electron chi connectivity index (χ3n) is 5.45. The number of carbonyl (C=O) groups excluding carboxylic acids is 2. The summed E-state index contributed by atoms with van der Waals surface area (Å²) in [6, 6.07) is 5.28. The molecule has 162 valence electrons. The first-order valence-corrected chi connectivity index (χ1v) is 11.2. The molecule has 0 unspecified atom stereocenters. The van der Waals surface area contributed by atoms with Crippen molar-refractivity contribution in [2.24, 2.45) is 10.7 Å². The second-order valence-corrected chi connectivity index (χ2v) is 8.87. The molecule has 0 radical (unpaired) electrons. The van der Waals surface area contributed by atoms with Crippen LogP contribution in [0.4, 0.5) is 5.69 Å². The smallest absolute Gasteiger partial charge is 0.264 e. The van der Waals surface area contributed by atoms with Gasteiger partial charge in [0.25, 0.3) is 11.8 Å². The summed E-state index contributed by atoms with van der Waals surface area (Å²) in [5.41, 5.74) is 8.46. The highest BCUT2D eigenvalue weighted by atomic mass is 35.5. The molecule has 7 nitrogen and oxygen atoms in total. The predicted molar refractivity (Wildman–Crippen MR) is 124 cm³/mol. The lowest BCUT2D eigenvalue weighted by Crippen LogP contribution is -2.50. The first-order chi connectivity index (χ1) is 14.9. The summed E-state index contributed by atoms with van der Waals surface area (Å²) >= 11 is 7.67. The number of aliphatic imine (C=N–C) groups is 1. The van der Waals surface area contributed by atoms with Gasteiger partial charge in [0.05, 0.1) is 15.4 Å². The Bertz CT molecular complexity index is 1090. The molecular formula is C22H23ClN4O3S. The van der Waals surface area contributed by atoms with Crippen molar-refractivity contribution in [3.8, 4) is 5.75 Å². The number of nitrogens with one attached hydrogen (secondary N) is 1. The number of nitrogens with zero attached hydrogens (tertiary/aromatic N) is 2. The van der Waals surface area contributed by atoms with Gasteiger partial charge in [-0.15, -0.1) is 11.3 Å². The molecule has 9 heteroatoms. The number of thiophene rings is 1. The fourth-order valence-electron chi connectivity index (χ4n) is 3.97. The minimum atomic E-state index is -0.579. The van der Waals surface area contributed by atoms with Gasteiger partial charge in [-0.25, -0.2) is 0 Å². The van der Waals surface area contributed by atoms with E-state index in [2.05, 4.69) is 17.0 Å². The van der Waals surface area contributed by atoms with Crippen molar-refractivity contribution < 1.29 is 14.3 Å². The number of ether oxygens (including phenoxy) is 1. The van der Waals surface area contributed by atoms with Crippen LogP contribution in [0.25, 0.3) is 5.57 Å². The molecule has 1 aromatic carbocycles. The Morgan fingerprint density at radius 1 is 1.35 bits per heavy atom. The molecule has 0 saturated carbocycles. The molecule has 0 aliphatic carbocycles. The van der Waals surface area contributed by atoms with E-state index in [1.807, 2.05) is 30.0 Å². The second-order valence-electron chi connectivity index (χ2n) is 7.38. The van der Waals surface area contributed by atoms with E-state index >= 15 is 0 Å². The summed E-state index contributed by atoms with van der Waals surface area (Å²) in [7, 11) is 0. The van der Waals surface area contributed by atoms with Crippen LogP contribution in [0.1, 0.15) is 32.6 Å². The van der Waals surface area contributed by atoms with Crippen molar-refractivity contribution >= 4 is 52.7 Å². The van der Waals surface area contributed by atoms with Crippen LogP contribution < -0.4 is 15.8 Å². The number of hydrogen-bond donors (Lipinski definition) is 2. The van der Waals surface area contributed by atoms with Gasteiger partial charge in [0.1, 0.15) is 5.75 Å². The third-order valence-corrected chi connectivity index (χ3v) is 6.84. The Morgan fingerprint density at radius 3 is 2.74 bits per heavy atom. The lowest BCUT2D eigenvalue weighted by molar-refractivity contribution is -0.138. The lowest BCUT2D eigenvalue weighted by Gasteiger charge is -2.29. The zero-order chi connectivity index (χ0) is 22.1. The van der Waals surface area contributed by atoms with Crippen LogP contribution in [-0.2, 0) is 11.2 Å². The predicted octanol–water partition coefficient (Wildman–Crippen LogP) is 3.02. The maximum atomic E-state index is 13.0. The number of piperazine rings is 1. The van der Waals surface area contributed by atoms with Gasteiger partial charge >= 0.3 is 0 Å². The monoisotopic (exact) mass is 458 g/mol. The van der Waals surface area contributed by atoms with Crippen LogP contribution in [0, 0.1) is 0 Å². The minimum absolute atomic E-state index is 0.0117. The van der Waals surface area contributed by atoms with E-state index < -0.39 is 12.0 Å². The molecule has 3 N–H and O–H groups in total. The van der Waals surface area contributed by atoms with Gasteiger partial charge in [-0.2, -0.15) is 0 Å². The summed E-state index contributed by atoms with van der Waals surface area (Å²) in [5, 5.41) is 3.80. The molecule has 1 aromatic heterocycles. The highest BCUT2D eigenvalue weighted by Gasteiger charge is 2.35. The Morgan fingerprint density at radius 2 is 2.10 bits per heavy atom. The molecule has 31 heavy (non-hydrogen) atoms. The first-order valence-electron chi connectivity index (χ1n) is 9.99. The van der Waals surface area contributed by atoms with Crippen molar-refractivity contribution in [1.29, 1.82) is 0 Å². The van der Waals surface area contributed by atoms with Gasteiger partial charge in [0.2, 0.25) is 0 Å². The van der Waals surface area contributed by atoms with Crippen molar-refractivity contribution in [3.63, 3.8) is 0 Å². The number of benzene rings is 1. The number of fused-ring (bicyclic) bond motifs is 1. The summed E-state index contributed by atoms with van der Waals surface area (Å²) in [5.74, 6) is 0.100.